The van der Waals surface area contributed by atoms with Gasteiger partial charge in [-0.15, -0.1) is 10.2 Å². The molecule has 0 bridgehead atoms. The topological polar surface area (TPSA) is 54.2 Å². The summed E-state index contributed by atoms with van der Waals surface area (Å²) in [6, 6.07) is 16.9. The van der Waals surface area contributed by atoms with Crippen LogP contribution in [0.25, 0.3) is 10.8 Å². The number of hydrogen-bond acceptors (Lipinski definition) is 4. The van der Waals surface area contributed by atoms with Gasteiger partial charge in [-0.3, -0.25) is 0 Å². The number of aromatic hydroxyl groups is 1. The van der Waals surface area contributed by atoms with Crippen LogP contribution in [0.1, 0.15) is 5.56 Å². The van der Waals surface area contributed by atoms with Gasteiger partial charge in [-0.05, 0) is 30.0 Å². The lowest BCUT2D eigenvalue weighted by molar-refractivity contribution is 0.415. The molecule has 4 heteroatoms. The number of rotatable bonds is 3. The third-order valence-corrected chi connectivity index (χ3v) is 3.55. The van der Waals surface area contributed by atoms with E-state index in [1.54, 1.807) is 13.2 Å². The number of ether oxygens (including phenoxy) is 1. The molecule has 3 rings (SSSR count). The maximum absolute atomic E-state index is 10.1. The fourth-order valence-electron chi connectivity index (χ4n) is 2.28. The highest BCUT2D eigenvalue weighted by Gasteiger charge is 2.06. The van der Waals surface area contributed by atoms with Crippen LogP contribution in [0.2, 0.25) is 0 Å². The quantitative estimate of drug-likeness (QED) is 0.668. The molecule has 0 amide bonds. The molecule has 0 saturated heterocycles. The Morgan fingerprint density at radius 3 is 2.59 bits per heavy atom. The number of azo groups is 1. The molecule has 0 aliphatic heterocycles. The Morgan fingerprint density at radius 1 is 0.955 bits per heavy atom. The Labute approximate surface area is 128 Å². The van der Waals surface area contributed by atoms with Crippen LogP contribution in [0, 0.1) is 6.92 Å². The third kappa shape index (κ3) is 2.63. The van der Waals surface area contributed by atoms with Crippen molar-refractivity contribution in [2.75, 3.05) is 7.11 Å². The minimum atomic E-state index is 0.114. The van der Waals surface area contributed by atoms with Crippen LogP contribution in [0.15, 0.2) is 64.8 Å². The van der Waals surface area contributed by atoms with Crippen LogP contribution in [0.3, 0.4) is 0 Å². The lowest BCUT2D eigenvalue weighted by Crippen LogP contribution is -1.82. The van der Waals surface area contributed by atoms with E-state index in [2.05, 4.69) is 10.2 Å². The molecule has 0 aliphatic rings. The molecule has 0 aliphatic carbocycles. The van der Waals surface area contributed by atoms with Crippen molar-refractivity contribution in [3.8, 4) is 11.5 Å². The molecule has 0 radical (unpaired) electrons. The van der Waals surface area contributed by atoms with Gasteiger partial charge in [0.05, 0.1) is 12.8 Å². The van der Waals surface area contributed by atoms with E-state index in [1.807, 2.05) is 55.5 Å². The first-order valence-electron chi connectivity index (χ1n) is 6.96. The maximum Gasteiger partial charge on any atom is 0.143 e. The lowest BCUT2D eigenvalue weighted by Gasteiger charge is -2.05. The van der Waals surface area contributed by atoms with Crippen molar-refractivity contribution < 1.29 is 9.84 Å². The summed E-state index contributed by atoms with van der Waals surface area (Å²) in [4.78, 5) is 0. The zero-order valence-electron chi connectivity index (χ0n) is 12.4. The smallest absolute Gasteiger partial charge is 0.143 e. The largest absolute Gasteiger partial charge is 0.506 e. The second kappa shape index (κ2) is 5.85. The Kier molecular flexibility index (Phi) is 3.74. The van der Waals surface area contributed by atoms with E-state index < -0.39 is 0 Å². The highest BCUT2D eigenvalue weighted by molar-refractivity contribution is 5.95. The Bertz CT molecular complexity index is 857. The molecule has 22 heavy (non-hydrogen) atoms. The first kappa shape index (κ1) is 14.1. The first-order valence-corrected chi connectivity index (χ1v) is 6.96. The zero-order chi connectivity index (χ0) is 15.5. The standard InChI is InChI=1S/C18H16N2O2/c1-12-7-9-14(22-2)11-16(12)19-20-18-15-6-4-3-5-13(15)8-10-17(18)21/h3-11,21H,1-2H3. The van der Waals surface area contributed by atoms with Crippen molar-refractivity contribution >= 4 is 22.1 Å². The summed E-state index contributed by atoms with van der Waals surface area (Å²) in [5.74, 6) is 0.838. The fourth-order valence-corrected chi connectivity index (χ4v) is 2.28. The fraction of sp³-hybridized carbons (Fsp3) is 0.111. The van der Waals surface area contributed by atoms with E-state index in [0.29, 0.717) is 11.4 Å². The highest BCUT2D eigenvalue weighted by Crippen LogP contribution is 2.36. The van der Waals surface area contributed by atoms with Crippen molar-refractivity contribution in [2.24, 2.45) is 10.2 Å². The molecular weight excluding hydrogens is 276 g/mol. The molecule has 0 unspecified atom stereocenters. The van der Waals surface area contributed by atoms with Gasteiger partial charge in [0.25, 0.3) is 0 Å². The van der Waals surface area contributed by atoms with Gasteiger partial charge >= 0.3 is 0 Å². The van der Waals surface area contributed by atoms with Gasteiger partial charge in [-0.1, -0.05) is 36.4 Å². The van der Waals surface area contributed by atoms with Crippen molar-refractivity contribution in [3.05, 3.63) is 60.2 Å². The maximum atomic E-state index is 10.1. The molecule has 1 N–H and O–H groups in total. The van der Waals surface area contributed by atoms with Gasteiger partial charge in [0, 0.05) is 11.5 Å². The number of phenolic OH excluding ortho intramolecular Hbond substituents is 1. The molecule has 0 spiro atoms. The Morgan fingerprint density at radius 2 is 1.77 bits per heavy atom. The number of hydrogen-bond donors (Lipinski definition) is 1. The molecule has 0 atom stereocenters. The predicted octanol–water partition coefficient (Wildman–Crippen LogP) is 5.28. The molecule has 0 aromatic heterocycles. The minimum absolute atomic E-state index is 0.114. The first-order chi connectivity index (χ1) is 10.7. The van der Waals surface area contributed by atoms with E-state index in [4.69, 9.17) is 4.74 Å². The predicted molar refractivity (Wildman–Crippen MR) is 87.5 cm³/mol. The van der Waals surface area contributed by atoms with Crippen LogP contribution >= 0.6 is 0 Å². The Hall–Kier alpha value is -2.88. The van der Waals surface area contributed by atoms with E-state index in [0.717, 1.165) is 22.1 Å². The second-order valence-electron chi connectivity index (χ2n) is 5.01. The molecule has 3 aromatic carbocycles. The molecule has 0 saturated carbocycles. The number of phenols is 1. The number of nitrogens with zero attached hydrogens (tertiary/aromatic N) is 2. The van der Waals surface area contributed by atoms with Gasteiger partial charge in [-0.25, -0.2) is 0 Å². The van der Waals surface area contributed by atoms with Crippen molar-refractivity contribution in [3.63, 3.8) is 0 Å². The molecular formula is C18H16N2O2. The minimum Gasteiger partial charge on any atom is -0.506 e. The average molecular weight is 292 g/mol. The SMILES string of the molecule is COc1ccc(C)c(N=Nc2c(O)ccc3ccccc23)c1. The van der Waals surface area contributed by atoms with Gasteiger partial charge in [0.2, 0.25) is 0 Å². The summed E-state index contributed by atoms with van der Waals surface area (Å²) in [5.41, 5.74) is 2.18. The summed E-state index contributed by atoms with van der Waals surface area (Å²) >= 11 is 0. The van der Waals surface area contributed by atoms with Gasteiger partial charge in [0.1, 0.15) is 17.2 Å². The normalized spacial score (nSPS) is 11.2. The van der Waals surface area contributed by atoms with Crippen LogP contribution in [-0.2, 0) is 0 Å². The van der Waals surface area contributed by atoms with Crippen molar-refractivity contribution in [1.29, 1.82) is 0 Å². The van der Waals surface area contributed by atoms with Crippen LogP contribution in [0.4, 0.5) is 11.4 Å². The number of fused-ring (bicyclic) bond motifs is 1. The molecule has 3 aromatic rings. The van der Waals surface area contributed by atoms with Gasteiger partial charge in [-0.2, -0.15) is 0 Å². The van der Waals surface area contributed by atoms with Gasteiger partial charge < -0.3 is 9.84 Å². The van der Waals surface area contributed by atoms with E-state index in [1.165, 1.54) is 0 Å². The molecule has 0 heterocycles. The van der Waals surface area contributed by atoms with Crippen LogP contribution in [-0.4, -0.2) is 12.2 Å². The van der Waals surface area contributed by atoms with Crippen LogP contribution < -0.4 is 4.74 Å². The number of methoxy groups -OCH3 is 1. The molecule has 0 fully saturated rings. The van der Waals surface area contributed by atoms with E-state index in [-0.39, 0.29) is 5.75 Å². The monoisotopic (exact) mass is 292 g/mol. The van der Waals surface area contributed by atoms with Crippen molar-refractivity contribution in [2.45, 2.75) is 6.92 Å². The molecule has 110 valence electrons. The van der Waals surface area contributed by atoms with Gasteiger partial charge in [0.15, 0.2) is 0 Å². The average Bonchev–Trinajstić information content (AvgIpc) is 2.55. The van der Waals surface area contributed by atoms with E-state index >= 15 is 0 Å². The number of benzene rings is 3. The lowest BCUT2D eigenvalue weighted by atomic mass is 10.1. The summed E-state index contributed by atoms with van der Waals surface area (Å²) in [7, 11) is 1.61. The second-order valence-corrected chi connectivity index (χ2v) is 5.01. The summed E-state index contributed by atoms with van der Waals surface area (Å²) in [6.45, 7) is 1.96. The zero-order valence-corrected chi connectivity index (χ0v) is 12.4. The highest BCUT2D eigenvalue weighted by atomic mass is 16.5. The summed E-state index contributed by atoms with van der Waals surface area (Å²) in [5, 5.41) is 20.5. The number of aryl methyl sites for hydroxylation is 1. The third-order valence-electron chi connectivity index (χ3n) is 3.55. The summed E-state index contributed by atoms with van der Waals surface area (Å²) in [6.07, 6.45) is 0. The van der Waals surface area contributed by atoms with E-state index in [9.17, 15) is 5.11 Å². The van der Waals surface area contributed by atoms with Crippen LogP contribution in [0.5, 0.6) is 11.5 Å². The molecule has 4 nitrogen and oxygen atoms in total. The Balaban J connectivity index is 2.08. The van der Waals surface area contributed by atoms with Crippen molar-refractivity contribution in [1.82, 2.24) is 0 Å². The summed E-state index contributed by atoms with van der Waals surface area (Å²) < 4.78 is 5.20.